The average molecular weight is 237 g/mol. The quantitative estimate of drug-likeness (QED) is 0.750. The standard InChI is InChI=1S/C9H14F3N3O/c10-9(11,12)7-16-4-3-15-6-8(1-2-13)5-14-15/h5-6H,1-4,7,13H2. The minimum absolute atomic E-state index is 0.0107. The smallest absolute Gasteiger partial charge is 0.370 e. The van der Waals surface area contributed by atoms with Gasteiger partial charge in [-0.2, -0.15) is 18.3 Å². The van der Waals surface area contributed by atoms with E-state index in [0.29, 0.717) is 19.5 Å². The van der Waals surface area contributed by atoms with E-state index in [1.807, 2.05) is 0 Å². The first-order valence-electron chi connectivity index (χ1n) is 4.87. The van der Waals surface area contributed by atoms with Crippen LogP contribution in [0.3, 0.4) is 0 Å². The molecule has 0 bridgehead atoms. The second-order valence-corrected chi connectivity index (χ2v) is 3.32. The van der Waals surface area contributed by atoms with Gasteiger partial charge in [-0.05, 0) is 18.5 Å². The normalized spacial score (nSPS) is 12.0. The second-order valence-electron chi connectivity index (χ2n) is 3.32. The Morgan fingerprint density at radius 1 is 1.44 bits per heavy atom. The Kier molecular flexibility index (Phi) is 4.75. The Bertz CT molecular complexity index is 311. The Balaban J connectivity index is 2.21. The Labute approximate surface area is 91.2 Å². The van der Waals surface area contributed by atoms with E-state index in [1.54, 1.807) is 17.1 Å². The molecule has 16 heavy (non-hydrogen) atoms. The summed E-state index contributed by atoms with van der Waals surface area (Å²) in [5, 5.41) is 3.97. The van der Waals surface area contributed by atoms with Crippen molar-refractivity contribution in [2.45, 2.75) is 19.1 Å². The zero-order valence-electron chi connectivity index (χ0n) is 8.70. The number of ether oxygens (including phenoxy) is 1. The van der Waals surface area contributed by atoms with Crippen LogP contribution in [-0.4, -0.2) is 35.7 Å². The summed E-state index contributed by atoms with van der Waals surface area (Å²) < 4.78 is 41.2. The van der Waals surface area contributed by atoms with Crippen molar-refractivity contribution in [1.29, 1.82) is 0 Å². The number of nitrogens with two attached hydrogens (primary N) is 1. The minimum atomic E-state index is -4.27. The van der Waals surface area contributed by atoms with Crippen LogP contribution in [0.1, 0.15) is 5.56 Å². The summed E-state index contributed by atoms with van der Waals surface area (Å²) in [6.07, 6.45) is -0.154. The molecule has 2 N–H and O–H groups in total. The first kappa shape index (κ1) is 13.0. The van der Waals surface area contributed by atoms with Crippen LogP contribution in [0, 0.1) is 0 Å². The third kappa shape index (κ3) is 5.13. The van der Waals surface area contributed by atoms with Gasteiger partial charge in [-0.15, -0.1) is 0 Å². The third-order valence-corrected chi connectivity index (χ3v) is 1.85. The lowest BCUT2D eigenvalue weighted by molar-refractivity contribution is -0.174. The Morgan fingerprint density at radius 3 is 2.81 bits per heavy atom. The van der Waals surface area contributed by atoms with Gasteiger partial charge in [-0.3, -0.25) is 4.68 Å². The van der Waals surface area contributed by atoms with Crippen molar-refractivity contribution < 1.29 is 17.9 Å². The molecule has 1 rings (SSSR count). The average Bonchev–Trinajstić information content (AvgIpc) is 2.60. The summed E-state index contributed by atoms with van der Waals surface area (Å²) in [4.78, 5) is 0. The molecule has 1 heterocycles. The van der Waals surface area contributed by atoms with Crippen LogP contribution in [-0.2, 0) is 17.7 Å². The highest BCUT2D eigenvalue weighted by Gasteiger charge is 2.27. The van der Waals surface area contributed by atoms with Crippen molar-refractivity contribution in [1.82, 2.24) is 9.78 Å². The summed E-state index contributed by atoms with van der Waals surface area (Å²) in [5.74, 6) is 0. The van der Waals surface area contributed by atoms with E-state index in [1.165, 1.54) is 0 Å². The zero-order chi connectivity index (χ0) is 12.0. The molecule has 0 saturated heterocycles. The fraction of sp³-hybridized carbons (Fsp3) is 0.667. The van der Waals surface area contributed by atoms with Crippen molar-refractivity contribution in [3.05, 3.63) is 18.0 Å². The number of hydrogen-bond donors (Lipinski definition) is 1. The SMILES string of the molecule is NCCc1cnn(CCOCC(F)(F)F)c1. The first-order valence-corrected chi connectivity index (χ1v) is 4.87. The van der Waals surface area contributed by atoms with Crippen molar-refractivity contribution in [2.75, 3.05) is 19.8 Å². The van der Waals surface area contributed by atoms with Gasteiger partial charge in [0.25, 0.3) is 0 Å². The molecule has 0 amide bonds. The monoisotopic (exact) mass is 237 g/mol. The van der Waals surface area contributed by atoms with Gasteiger partial charge >= 0.3 is 6.18 Å². The van der Waals surface area contributed by atoms with E-state index in [2.05, 4.69) is 9.84 Å². The summed E-state index contributed by atoms with van der Waals surface area (Å²) in [6, 6.07) is 0. The number of hydrogen-bond acceptors (Lipinski definition) is 3. The summed E-state index contributed by atoms with van der Waals surface area (Å²) in [6.45, 7) is -0.399. The van der Waals surface area contributed by atoms with Gasteiger partial charge in [0.05, 0.1) is 19.3 Å². The molecule has 0 radical (unpaired) electrons. The van der Waals surface area contributed by atoms with E-state index < -0.39 is 12.8 Å². The largest absolute Gasteiger partial charge is 0.411 e. The lowest BCUT2D eigenvalue weighted by Gasteiger charge is -2.07. The lowest BCUT2D eigenvalue weighted by atomic mass is 10.3. The molecule has 0 aromatic carbocycles. The number of halogens is 3. The molecule has 0 atom stereocenters. The highest BCUT2D eigenvalue weighted by molar-refractivity contribution is 5.03. The van der Waals surface area contributed by atoms with E-state index in [4.69, 9.17) is 5.73 Å². The van der Waals surface area contributed by atoms with Crippen molar-refractivity contribution in [2.24, 2.45) is 5.73 Å². The highest BCUT2D eigenvalue weighted by Crippen LogP contribution is 2.14. The Morgan fingerprint density at radius 2 is 2.19 bits per heavy atom. The molecule has 7 heteroatoms. The lowest BCUT2D eigenvalue weighted by Crippen LogP contribution is -2.19. The van der Waals surface area contributed by atoms with E-state index in [9.17, 15) is 13.2 Å². The van der Waals surface area contributed by atoms with Gasteiger partial charge in [0.1, 0.15) is 6.61 Å². The number of aromatic nitrogens is 2. The molecule has 0 aliphatic heterocycles. The van der Waals surface area contributed by atoms with Crippen LogP contribution in [0.25, 0.3) is 0 Å². The van der Waals surface area contributed by atoms with Crippen LogP contribution in [0.15, 0.2) is 12.4 Å². The van der Waals surface area contributed by atoms with Gasteiger partial charge < -0.3 is 10.5 Å². The summed E-state index contributed by atoms with van der Waals surface area (Å²) >= 11 is 0. The highest BCUT2D eigenvalue weighted by atomic mass is 19.4. The topological polar surface area (TPSA) is 53.1 Å². The Hall–Kier alpha value is -1.08. The molecule has 0 fully saturated rings. The zero-order valence-corrected chi connectivity index (χ0v) is 8.70. The molecular formula is C9H14F3N3O. The molecule has 0 saturated carbocycles. The predicted molar refractivity (Wildman–Crippen MR) is 51.9 cm³/mol. The fourth-order valence-electron chi connectivity index (χ4n) is 1.17. The number of rotatable bonds is 6. The maximum absolute atomic E-state index is 11.7. The molecule has 92 valence electrons. The van der Waals surface area contributed by atoms with Crippen LogP contribution in [0.5, 0.6) is 0 Å². The molecule has 4 nitrogen and oxygen atoms in total. The molecular weight excluding hydrogens is 223 g/mol. The summed E-state index contributed by atoms with van der Waals surface area (Å²) in [7, 11) is 0. The van der Waals surface area contributed by atoms with E-state index in [-0.39, 0.29) is 6.61 Å². The van der Waals surface area contributed by atoms with E-state index >= 15 is 0 Å². The van der Waals surface area contributed by atoms with Crippen molar-refractivity contribution in [3.8, 4) is 0 Å². The van der Waals surface area contributed by atoms with E-state index in [0.717, 1.165) is 5.56 Å². The molecule has 1 aromatic heterocycles. The molecule has 1 aromatic rings. The molecule has 0 unspecified atom stereocenters. The van der Waals surface area contributed by atoms with Crippen LogP contribution in [0.2, 0.25) is 0 Å². The van der Waals surface area contributed by atoms with Gasteiger partial charge in [0.15, 0.2) is 0 Å². The molecule has 0 aliphatic rings. The maximum Gasteiger partial charge on any atom is 0.411 e. The third-order valence-electron chi connectivity index (χ3n) is 1.85. The fourth-order valence-corrected chi connectivity index (χ4v) is 1.17. The van der Waals surface area contributed by atoms with Gasteiger partial charge in [-0.1, -0.05) is 0 Å². The minimum Gasteiger partial charge on any atom is -0.370 e. The van der Waals surface area contributed by atoms with Crippen molar-refractivity contribution >= 4 is 0 Å². The van der Waals surface area contributed by atoms with Gasteiger partial charge in [0.2, 0.25) is 0 Å². The van der Waals surface area contributed by atoms with Crippen LogP contribution < -0.4 is 5.73 Å². The van der Waals surface area contributed by atoms with Crippen LogP contribution in [0.4, 0.5) is 13.2 Å². The number of alkyl halides is 3. The maximum atomic E-state index is 11.7. The predicted octanol–water partition coefficient (Wildman–Crippen LogP) is 0.963. The van der Waals surface area contributed by atoms with Gasteiger partial charge in [-0.25, -0.2) is 0 Å². The van der Waals surface area contributed by atoms with Gasteiger partial charge in [0, 0.05) is 6.20 Å². The second kappa shape index (κ2) is 5.86. The molecule has 0 aliphatic carbocycles. The first-order chi connectivity index (χ1) is 7.51. The van der Waals surface area contributed by atoms with Crippen LogP contribution >= 0.6 is 0 Å². The molecule has 0 spiro atoms. The number of nitrogens with zero attached hydrogens (tertiary/aromatic N) is 2. The van der Waals surface area contributed by atoms with Crippen molar-refractivity contribution in [3.63, 3.8) is 0 Å². The summed E-state index contributed by atoms with van der Waals surface area (Å²) in [5.41, 5.74) is 6.32.